The molecule has 1 aliphatic heterocycles. The monoisotopic (exact) mass is 462 g/mol. The molecule has 8 nitrogen and oxygen atoms in total. The summed E-state index contributed by atoms with van der Waals surface area (Å²) in [6.45, 7) is 0.662. The van der Waals surface area contributed by atoms with E-state index in [1.165, 1.54) is 5.56 Å². The van der Waals surface area contributed by atoms with Crippen molar-refractivity contribution in [1.82, 2.24) is 9.88 Å². The number of carbonyl (C=O) groups excluding carboxylic acids is 2. The van der Waals surface area contributed by atoms with Crippen LogP contribution in [0.2, 0.25) is 10.0 Å². The minimum atomic E-state index is -0.347. The van der Waals surface area contributed by atoms with Gasteiger partial charge >= 0.3 is 0 Å². The first-order chi connectivity index (χ1) is 14.9. The number of hydrogen-bond acceptors (Lipinski definition) is 4. The SMILES string of the molecule is NCC(=O)Nc1cc(Cl)cc(C(=O)N2CCc3c([nH]c4ccc(Cl)cc34)C2)c1.O=CO. The molecule has 2 heterocycles. The molecule has 4 rings (SSSR count). The Labute approximate surface area is 187 Å². The topological polar surface area (TPSA) is 129 Å². The average molecular weight is 463 g/mol. The Morgan fingerprint density at radius 1 is 1.19 bits per heavy atom. The fourth-order valence-corrected chi connectivity index (χ4v) is 3.97. The lowest BCUT2D eigenvalue weighted by atomic mass is 10.0. The summed E-state index contributed by atoms with van der Waals surface area (Å²) in [6.07, 6.45) is 0.735. The van der Waals surface area contributed by atoms with Crippen molar-refractivity contribution in [3.05, 3.63) is 63.3 Å². The summed E-state index contributed by atoms with van der Waals surface area (Å²) < 4.78 is 0. The number of fused-ring (bicyclic) bond motifs is 3. The van der Waals surface area contributed by atoms with E-state index in [1.54, 1.807) is 23.1 Å². The molecular formula is C21H20Cl2N4O4. The third-order valence-electron chi connectivity index (χ3n) is 4.84. The van der Waals surface area contributed by atoms with Gasteiger partial charge in [-0.2, -0.15) is 0 Å². The molecular weight excluding hydrogens is 443 g/mol. The number of nitrogens with two attached hydrogens (primary N) is 1. The number of hydrogen-bond donors (Lipinski definition) is 4. The number of carboxylic acid groups (broad SMARTS) is 1. The van der Waals surface area contributed by atoms with Gasteiger partial charge in [-0.15, -0.1) is 0 Å². The van der Waals surface area contributed by atoms with E-state index >= 15 is 0 Å². The Hall–Kier alpha value is -3.07. The summed E-state index contributed by atoms with van der Waals surface area (Å²) in [7, 11) is 0. The smallest absolute Gasteiger partial charge is 0.290 e. The van der Waals surface area contributed by atoms with Crippen molar-refractivity contribution < 1.29 is 19.5 Å². The maximum Gasteiger partial charge on any atom is 0.290 e. The molecule has 1 aromatic heterocycles. The van der Waals surface area contributed by atoms with Gasteiger partial charge < -0.3 is 26.0 Å². The van der Waals surface area contributed by atoms with Crippen LogP contribution >= 0.6 is 23.2 Å². The molecule has 0 saturated heterocycles. The number of carbonyl (C=O) groups is 3. The highest BCUT2D eigenvalue weighted by atomic mass is 35.5. The molecule has 0 saturated carbocycles. The van der Waals surface area contributed by atoms with E-state index in [1.807, 2.05) is 18.2 Å². The molecule has 3 aromatic rings. The third-order valence-corrected chi connectivity index (χ3v) is 5.29. The minimum Gasteiger partial charge on any atom is -0.483 e. The van der Waals surface area contributed by atoms with Gasteiger partial charge in [0, 0.05) is 44.4 Å². The van der Waals surface area contributed by atoms with Crippen LogP contribution in [0.5, 0.6) is 0 Å². The standard InChI is InChI=1S/C20H18Cl2N4O2.CH2O2/c21-12-1-2-17-16(8-12)15-3-4-26(10-18(15)25-17)20(28)11-5-13(22)7-14(6-11)24-19(27)9-23;2-1-3/h1-2,5-8,25H,3-4,9-10,23H2,(H,24,27);1H,(H,2,3). The highest BCUT2D eigenvalue weighted by Crippen LogP contribution is 2.30. The molecule has 0 radical (unpaired) electrons. The lowest BCUT2D eigenvalue weighted by molar-refractivity contribution is -0.123. The number of H-pyrrole nitrogens is 1. The van der Waals surface area contributed by atoms with Gasteiger partial charge in [-0.05, 0) is 48.4 Å². The van der Waals surface area contributed by atoms with Crippen LogP contribution in [-0.4, -0.2) is 46.4 Å². The molecule has 10 heteroatoms. The van der Waals surface area contributed by atoms with E-state index in [2.05, 4.69) is 10.3 Å². The molecule has 31 heavy (non-hydrogen) atoms. The molecule has 5 N–H and O–H groups in total. The van der Waals surface area contributed by atoms with Crippen LogP contribution in [0.4, 0.5) is 5.69 Å². The van der Waals surface area contributed by atoms with Crippen LogP contribution in [-0.2, 0) is 22.6 Å². The first-order valence-electron chi connectivity index (χ1n) is 9.33. The van der Waals surface area contributed by atoms with Crippen molar-refractivity contribution in [2.24, 2.45) is 5.73 Å². The molecule has 162 valence electrons. The second kappa shape index (κ2) is 9.82. The van der Waals surface area contributed by atoms with Crippen molar-refractivity contribution in [2.45, 2.75) is 13.0 Å². The second-order valence-electron chi connectivity index (χ2n) is 6.84. The van der Waals surface area contributed by atoms with Crippen molar-refractivity contribution >= 4 is 58.1 Å². The van der Waals surface area contributed by atoms with Gasteiger partial charge in [0.25, 0.3) is 12.4 Å². The van der Waals surface area contributed by atoms with E-state index < -0.39 is 0 Å². The first kappa shape index (κ1) is 22.6. The zero-order valence-electron chi connectivity index (χ0n) is 16.3. The Bertz CT molecular complexity index is 1150. The first-order valence-corrected chi connectivity index (χ1v) is 10.1. The van der Waals surface area contributed by atoms with Gasteiger partial charge in [0.1, 0.15) is 0 Å². The summed E-state index contributed by atoms with van der Waals surface area (Å²) in [5.41, 5.74) is 9.41. The number of rotatable bonds is 3. The number of nitrogens with one attached hydrogen (secondary N) is 2. The van der Waals surface area contributed by atoms with Gasteiger partial charge in [-0.25, -0.2) is 0 Å². The summed E-state index contributed by atoms with van der Waals surface area (Å²) in [4.78, 5) is 38.1. The average Bonchev–Trinajstić information content (AvgIpc) is 3.10. The number of amides is 2. The maximum absolute atomic E-state index is 13.0. The van der Waals surface area contributed by atoms with Crippen molar-refractivity contribution in [2.75, 3.05) is 18.4 Å². The number of aromatic amines is 1. The third kappa shape index (κ3) is 5.16. The van der Waals surface area contributed by atoms with Gasteiger partial charge in [0.2, 0.25) is 5.91 Å². The van der Waals surface area contributed by atoms with E-state index in [4.69, 9.17) is 38.8 Å². The lowest BCUT2D eigenvalue weighted by Crippen LogP contribution is -2.36. The van der Waals surface area contributed by atoms with Crippen molar-refractivity contribution in [1.29, 1.82) is 0 Å². The summed E-state index contributed by atoms with van der Waals surface area (Å²) in [5, 5.41) is 11.7. The number of benzene rings is 2. The maximum atomic E-state index is 13.0. The van der Waals surface area contributed by atoms with Crippen molar-refractivity contribution in [3.63, 3.8) is 0 Å². The van der Waals surface area contributed by atoms with Crippen LogP contribution < -0.4 is 11.1 Å². The van der Waals surface area contributed by atoms with Crippen LogP contribution in [0.3, 0.4) is 0 Å². The zero-order chi connectivity index (χ0) is 22.5. The number of halogens is 2. The summed E-state index contributed by atoms with van der Waals surface area (Å²) >= 11 is 12.3. The Morgan fingerprint density at radius 2 is 1.94 bits per heavy atom. The molecule has 2 aromatic carbocycles. The molecule has 0 fully saturated rings. The van der Waals surface area contributed by atoms with Crippen LogP contribution in [0.25, 0.3) is 10.9 Å². The molecule has 0 unspecified atom stereocenters. The van der Waals surface area contributed by atoms with Gasteiger partial charge in [-0.3, -0.25) is 14.4 Å². The highest BCUT2D eigenvalue weighted by molar-refractivity contribution is 6.31. The summed E-state index contributed by atoms with van der Waals surface area (Å²) in [6, 6.07) is 10.5. The Balaban J connectivity index is 0.000000858. The van der Waals surface area contributed by atoms with Crippen LogP contribution in [0.1, 0.15) is 21.6 Å². The number of anilines is 1. The Kier molecular flexibility index (Phi) is 7.17. The zero-order valence-corrected chi connectivity index (χ0v) is 17.8. The largest absolute Gasteiger partial charge is 0.483 e. The predicted octanol–water partition coefficient (Wildman–Crippen LogP) is 3.27. The predicted molar refractivity (Wildman–Crippen MR) is 120 cm³/mol. The quantitative estimate of drug-likeness (QED) is 0.444. The van der Waals surface area contributed by atoms with Gasteiger partial charge in [0.05, 0.1) is 13.1 Å². The van der Waals surface area contributed by atoms with Gasteiger partial charge in [-0.1, -0.05) is 23.2 Å². The van der Waals surface area contributed by atoms with Crippen LogP contribution in [0.15, 0.2) is 36.4 Å². The van der Waals surface area contributed by atoms with Crippen molar-refractivity contribution in [3.8, 4) is 0 Å². The minimum absolute atomic E-state index is 0.144. The van der Waals surface area contributed by atoms with Crippen LogP contribution in [0, 0.1) is 0 Å². The molecule has 0 bridgehead atoms. The van der Waals surface area contributed by atoms with E-state index in [9.17, 15) is 9.59 Å². The molecule has 0 atom stereocenters. The molecule has 1 aliphatic rings. The Morgan fingerprint density at radius 3 is 2.65 bits per heavy atom. The normalized spacial score (nSPS) is 12.5. The number of aromatic nitrogens is 1. The number of nitrogens with zero attached hydrogens (tertiary/aromatic N) is 1. The lowest BCUT2D eigenvalue weighted by Gasteiger charge is -2.27. The van der Waals surface area contributed by atoms with Gasteiger partial charge in [0.15, 0.2) is 0 Å². The molecule has 2 amide bonds. The molecule has 0 spiro atoms. The van der Waals surface area contributed by atoms with E-state index in [0.717, 1.165) is 23.0 Å². The second-order valence-corrected chi connectivity index (χ2v) is 7.71. The fraction of sp³-hybridized carbons (Fsp3) is 0.190. The summed E-state index contributed by atoms with van der Waals surface area (Å²) in [5.74, 6) is -0.492. The van der Waals surface area contributed by atoms with E-state index in [0.29, 0.717) is 34.4 Å². The highest BCUT2D eigenvalue weighted by Gasteiger charge is 2.25. The molecule has 0 aliphatic carbocycles. The fourth-order valence-electron chi connectivity index (χ4n) is 3.57. The van der Waals surface area contributed by atoms with E-state index in [-0.39, 0.29) is 24.8 Å².